The molecule has 0 spiro atoms. The predicted molar refractivity (Wildman–Crippen MR) is 124 cm³/mol. The Hall–Kier alpha value is -3.66. The highest BCUT2D eigenvalue weighted by Gasteiger charge is 2.32. The summed E-state index contributed by atoms with van der Waals surface area (Å²) in [6.07, 6.45) is -3.72. The molecule has 0 aromatic heterocycles. The minimum Gasteiger partial charge on any atom is -0.271 e. The largest absolute Gasteiger partial charge is 0.417 e. The van der Waals surface area contributed by atoms with Gasteiger partial charge in [-0.3, -0.25) is 9.10 Å². The first-order chi connectivity index (χ1) is 16.0. The molecule has 10 heteroatoms. The Kier molecular flexibility index (Phi) is 7.41. The van der Waals surface area contributed by atoms with Crippen LogP contribution in [0.4, 0.5) is 18.9 Å². The number of carbonyl (C=O) groups is 1. The number of anilines is 1. The predicted octanol–water partition coefficient (Wildman–Crippen LogP) is 4.67. The molecule has 1 amide bonds. The molecule has 1 N–H and O–H groups in total. The molecular formula is C24H22F3N3O3S. The molecule has 0 aliphatic heterocycles. The summed E-state index contributed by atoms with van der Waals surface area (Å²) in [4.78, 5) is 12.6. The SMILES string of the molecule is Cc1cc(C)cc(N(CC(=O)NN=Cc2ccccc2C(F)(F)F)S(=O)(=O)c2ccccc2)c1. The number of hydrogen-bond donors (Lipinski definition) is 1. The Morgan fingerprint density at radius 3 is 2.18 bits per heavy atom. The van der Waals surface area contributed by atoms with Gasteiger partial charge in [-0.2, -0.15) is 18.3 Å². The monoisotopic (exact) mass is 489 g/mol. The summed E-state index contributed by atoms with van der Waals surface area (Å²) in [7, 11) is -4.11. The molecule has 0 radical (unpaired) electrons. The fraction of sp³-hybridized carbons (Fsp3) is 0.167. The second kappa shape index (κ2) is 10.1. The molecule has 0 aliphatic rings. The van der Waals surface area contributed by atoms with Crippen LogP contribution < -0.4 is 9.73 Å². The van der Waals surface area contributed by atoms with Gasteiger partial charge in [0.15, 0.2) is 0 Å². The van der Waals surface area contributed by atoms with E-state index in [1.165, 1.54) is 30.3 Å². The van der Waals surface area contributed by atoms with Crippen molar-refractivity contribution in [3.05, 3.63) is 95.1 Å². The number of aryl methyl sites for hydroxylation is 2. The third-order valence-electron chi connectivity index (χ3n) is 4.77. The summed E-state index contributed by atoms with van der Waals surface area (Å²) >= 11 is 0. The zero-order chi connectivity index (χ0) is 24.9. The van der Waals surface area contributed by atoms with Gasteiger partial charge in [-0.1, -0.05) is 42.5 Å². The number of nitrogens with zero attached hydrogens (tertiary/aromatic N) is 2. The van der Waals surface area contributed by atoms with Crippen molar-refractivity contribution in [3.63, 3.8) is 0 Å². The number of hydrogen-bond acceptors (Lipinski definition) is 4. The van der Waals surface area contributed by atoms with Crippen LogP contribution in [0.3, 0.4) is 0 Å². The molecule has 0 saturated heterocycles. The lowest BCUT2D eigenvalue weighted by Gasteiger charge is -2.24. The molecule has 3 aromatic carbocycles. The summed E-state index contributed by atoms with van der Waals surface area (Å²) < 4.78 is 67.0. The minimum atomic E-state index is -4.59. The second-order valence-corrected chi connectivity index (χ2v) is 9.41. The van der Waals surface area contributed by atoms with Crippen molar-refractivity contribution < 1.29 is 26.4 Å². The molecule has 0 unspecified atom stereocenters. The van der Waals surface area contributed by atoms with Crippen molar-refractivity contribution in [2.75, 3.05) is 10.8 Å². The zero-order valence-corrected chi connectivity index (χ0v) is 19.2. The van der Waals surface area contributed by atoms with Gasteiger partial charge < -0.3 is 0 Å². The van der Waals surface area contributed by atoms with Crippen molar-refractivity contribution in [2.24, 2.45) is 5.10 Å². The van der Waals surface area contributed by atoms with E-state index in [9.17, 15) is 26.4 Å². The van der Waals surface area contributed by atoms with E-state index in [4.69, 9.17) is 0 Å². The Bertz CT molecular complexity index is 1290. The van der Waals surface area contributed by atoms with E-state index in [0.717, 1.165) is 27.7 Å². The maximum atomic E-state index is 13.3. The van der Waals surface area contributed by atoms with Crippen molar-refractivity contribution >= 4 is 27.8 Å². The van der Waals surface area contributed by atoms with Crippen LogP contribution in [-0.2, 0) is 21.0 Å². The normalized spacial score (nSPS) is 12.0. The van der Waals surface area contributed by atoms with E-state index < -0.39 is 34.2 Å². The summed E-state index contributed by atoms with van der Waals surface area (Å²) in [5.74, 6) is -0.820. The first-order valence-corrected chi connectivity index (χ1v) is 11.6. The van der Waals surface area contributed by atoms with E-state index in [0.29, 0.717) is 0 Å². The molecule has 178 valence electrons. The molecule has 34 heavy (non-hydrogen) atoms. The van der Waals surface area contributed by atoms with Crippen molar-refractivity contribution in [1.29, 1.82) is 0 Å². The average molecular weight is 490 g/mol. The number of hydrazone groups is 1. The van der Waals surface area contributed by atoms with E-state index in [2.05, 4.69) is 10.5 Å². The maximum Gasteiger partial charge on any atom is 0.417 e. The summed E-state index contributed by atoms with van der Waals surface area (Å²) in [5.41, 5.74) is 2.85. The van der Waals surface area contributed by atoms with Crippen LogP contribution in [0.1, 0.15) is 22.3 Å². The topological polar surface area (TPSA) is 78.8 Å². The molecule has 0 heterocycles. The second-order valence-electron chi connectivity index (χ2n) is 7.55. The first-order valence-electron chi connectivity index (χ1n) is 10.1. The molecule has 0 fully saturated rings. The zero-order valence-electron chi connectivity index (χ0n) is 18.4. The van der Waals surface area contributed by atoms with Crippen LogP contribution in [0.15, 0.2) is 82.8 Å². The molecule has 0 aliphatic carbocycles. The van der Waals surface area contributed by atoms with Crippen molar-refractivity contribution in [2.45, 2.75) is 24.9 Å². The summed E-state index contributed by atoms with van der Waals surface area (Å²) in [6, 6.07) is 17.5. The van der Waals surface area contributed by atoms with E-state index in [-0.39, 0.29) is 16.1 Å². The van der Waals surface area contributed by atoms with Crippen LogP contribution in [0.5, 0.6) is 0 Å². The van der Waals surface area contributed by atoms with Gasteiger partial charge in [0.05, 0.1) is 22.4 Å². The number of benzene rings is 3. The molecular weight excluding hydrogens is 467 g/mol. The van der Waals surface area contributed by atoms with Crippen LogP contribution in [0.2, 0.25) is 0 Å². The number of sulfonamides is 1. The quantitative estimate of drug-likeness (QED) is 0.387. The van der Waals surface area contributed by atoms with Gasteiger partial charge in [0.25, 0.3) is 15.9 Å². The maximum absolute atomic E-state index is 13.3. The van der Waals surface area contributed by atoms with Gasteiger partial charge in [0.2, 0.25) is 0 Å². The van der Waals surface area contributed by atoms with Gasteiger partial charge in [0, 0.05) is 5.56 Å². The van der Waals surface area contributed by atoms with E-state index >= 15 is 0 Å². The summed E-state index contributed by atoms with van der Waals surface area (Å²) in [6.45, 7) is 2.97. The lowest BCUT2D eigenvalue weighted by Crippen LogP contribution is -2.39. The van der Waals surface area contributed by atoms with Gasteiger partial charge >= 0.3 is 6.18 Å². The van der Waals surface area contributed by atoms with Gasteiger partial charge in [-0.05, 0) is 55.3 Å². The third kappa shape index (κ3) is 6.02. The number of carbonyl (C=O) groups excluding carboxylic acids is 1. The van der Waals surface area contributed by atoms with Gasteiger partial charge in [0.1, 0.15) is 6.54 Å². The van der Waals surface area contributed by atoms with Crippen molar-refractivity contribution in [3.8, 4) is 0 Å². The van der Waals surface area contributed by atoms with Crippen LogP contribution >= 0.6 is 0 Å². The molecule has 0 bridgehead atoms. The molecule has 0 saturated carbocycles. The fourth-order valence-corrected chi connectivity index (χ4v) is 4.76. The van der Waals surface area contributed by atoms with Crippen molar-refractivity contribution in [1.82, 2.24) is 5.43 Å². The number of halogens is 3. The van der Waals surface area contributed by atoms with Crippen LogP contribution in [0.25, 0.3) is 0 Å². The van der Waals surface area contributed by atoms with Crippen LogP contribution in [-0.4, -0.2) is 27.1 Å². The Labute approximate surface area is 195 Å². The Balaban J connectivity index is 1.88. The smallest absolute Gasteiger partial charge is 0.271 e. The average Bonchev–Trinajstić information content (AvgIpc) is 2.77. The number of amides is 1. The molecule has 3 rings (SSSR count). The first kappa shape index (κ1) is 25.0. The summed E-state index contributed by atoms with van der Waals surface area (Å²) in [5, 5.41) is 3.61. The molecule has 0 atom stereocenters. The van der Waals surface area contributed by atoms with Gasteiger partial charge in [-0.15, -0.1) is 0 Å². The third-order valence-corrected chi connectivity index (χ3v) is 6.56. The highest BCUT2D eigenvalue weighted by molar-refractivity contribution is 7.92. The fourth-order valence-electron chi connectivity index (χ4n) is 3.34. The van der Waals surface area contributed by atoms with E-state index in [1.807, 2.05) is 6.07 Å². The Morgan fingerprint density at radius 2 is 1.56 bits per heavy atom. The number of rotatable bonds is 7. The van der Waals surface area contributed by atoms with E-state index in [1.54, 1.807) is 44.2 Å². The Morgan fingerprint density at radius 1 is 0.971 bits per heavy atom. The molecule has 6 nitrogen and oxygen atoms in total. The minimum absolute atomic E-state index is 0.00966. The molecule has 3 aromatic rings. The lowest BCUT2D eigenvalue weighted by atomic mass is 10.1. The number of nitrogens with one attached hydrogen (secondary N) is 1. The van der Waals surface area contributed by atoms with Crippen LogP contribution in [0, 0.1) is 13.8 Å². The lowest BCUT2D eigenvalue weighted by molar-refractivity contribution is -0.137. The highest BCUT2D eigenvalue weighted by Crippen LogP contribution is 2.31. The number of alkyl halides is 3. The standard InChI is InChI=1S/C24H22F3N3O3S/c1-17-12-18(2)14-20(13-17)30(34(32,33)21-9-4-3-5-10-21)16-23(31)29-28-15-19-8-6-7-11-22(19)24(25,26)27/h3-15H,16H2,1-2H3,(H,29,31). The van der Waals surface area contributed by atoms with Gasteiger partial charge in [-0.25, -0.2) is 13.8 Å². The highest BCUT2D eigenvalue weighted by atomic mass is 32.2.